The van der Waals surface area contributed by atoms with E-state index in [0.717, 1.165) is 22.1 Å². The average Bonchev–Trinajstić information content (AvgIpc) is 3.14. The number of aliphatic carboxylic acids is 2. The number of methoxy groups -OCH3 is 1. The van der Waals surface area contributed by atoms with E-state index in [4.69, 9.17) is 20.7 Å². The molecule has 0 unspecified atom stereocenters. The van der Waals surface area contributed by atoms with Crippen LogP contribution in [0.4, 0.5) is 5.13 Å². The first-order chi connectivity index (χ1) is 14.0. The van der Waals surface area contributed by atoms with Crippen molar-refractivity contribution in [3.63, 3.8) is 0 Å². The maximum Gasteiger partial charge on any atom is 0.328 e. The number of rotatable bonds is 6. The molecule has 0 radical (unpaired) electrons. The van der Waals surface area contributed by atoms with Gasteiger partial charge in [-0.2, -0.15) is 0 Å². The van der Waals surface area contributed by atoms with Crippen molar-refractivity contribution in [3.05, 3.63) is 53.1 Å². The van der Waals surface area contributed by atoms with Gasteiger partial charge in [0.25, 0.3) is 0 Å². The number of benzene rings is 1. The summed E-state index contributed by atoms with van der Waals surface area (Å²) in [6.45, 7) is 6.85. The fraction of sp³-hybridized carbons (Fsp3) is 0.300. The fourth-order valence-corrected chi connectivity index (χ4v) is 2.92. The lowest BCUT2D eigenvalue weighted by atomic mass is 9.93. The van der Waals surface area contributed by atoms with Crippen LogP contribution in [0, 0.1) is 0 Å². The molecule has 0 saturated heterocycles. The predicted octanol–water partition coefficient (Wildman–Crippen LogP) is 3.09. The molecule has 1 heterocycles. The number of nitrogens with zero attached hydrogens (tertiary/aromatic N) is 2. The number of anilines is 1. The second-order valence-electron chi connectivity index (χ2n) is 6.94. The Morgan fingerprint density at radius 2 is 1.83 bits per heavy atom. The van der Waals surface area contributed by atoms with Crippen LogP contribution in [0.15, 0.2) is 46.8 Å². The molecule has 10 heteroatoms. The number of aromatic nitrogens is 1. The zero-order valence-corrected chi connectivity index (χ0v) is 18.1. The van der Waals surface area contributed by atoms with Gasteiger partial charge >= 0.3 is 11.9 Å². The van der Waals surface area contributed by atoms with Gasteiger partial charge in [0, 0.05) is 28.5 Å². The number of nitrogens with one attached hydrogen (secondary N) is 1. The Morgan fingerprint density at radius 3 is 2.33 bits per heavy atom. The van der Waals surface area contributed by atoms with Gasteiger partial charge < -0.3 is 26.0 Å². The number of hydrogen-bond acceptors (Lipinski definition) is 6. The van der Waals surface area contributed by atoms with Crippen molar-refractivity contribution in [2.75, 3.05) is 12.4 Å². The Bertz CT molecular complexity index is 900. The van der Waals surface area contributed by atoms with Crippen LogP contribution >= 0.6 is 11.3 Å². The third-order valence-corrected chi connectivity index (χ3v) is 4.25. The Morgan fingerprint density at radius 1 is 1.23 bits per heavy atom. The van der Waals surface area contributed by atoms with Crippen molar-refractivity contribution >= 4 is 34.4 Å². The summed E-state index contributed by atoms with van der Waals surface area (Å²) in [5, 5.41) is 21.5. The molecule has 162 valence electrons. The van der Waals surface area contributed by atoms with Crippen LogP contribution in [-0.2, 0) is 21.5 Å². The lowest BCUT2D eigenvalue weighted by Crippen LogP contribution is -2.23. The Labute approximate surface area is 178 Å². The molecule has 0 spiro atoms. The molecule has 5 N–H and O–H groups in total. The summed E-state index contributed by atoms with van der Waals surface area (Å²) < 4.78 is 5.30. The van der Waals surface area contributed by atoms with E-state index in [1.807, 2.05) is 29.6 Å². The lowest BCUT2D eigenvalue weighted by Gasteiger charge is -2.14. The fourth-order valence-electron chi connectivity index (χ4n) is 1.97. The molecule has 1 aromatic carbocycles. The number of carboxylic acid groups (broad SMARTS) is 2. The first-order valence-corrected chi connectivity index (χ1v) is 9.69. The molecule has 0 atom stereocenters. The minimum absolute atomic E-state index is 0.0275. The summed E-state index contributed by atoms with van der Waals surface area (Å²) in [7, 11) is 1.65. The summed E-state index contributed by atoms with van der Waals surface area (Å²) in [4.78, 5) is 28.0. The first-order valence-electron chi connectivity index (χ1n) is 8.81. The number of para-hydroxylation sites is 1. The molecule has 9 nitrogen and oxygen atoms in total. The molecule has 0 bridgehead atoms. The number of guanidine groups is 1. The van der Waals surface area contributed by atoms with Crippen molar-refractivity contribution in [2.24, 2.45) is 10.7 Å². The van der Waals surface area contributed by atoms with E-state index < -0.39 is 11.9 Å². The van der Waals surface area contributed by atoms with Gasteiger partial charge in [0.2, 0.25) is 0 Å². The van der Waals surface area contributed by atoms with Crippen molar-refractivity contribution in [1.29, 1.82) is 0 Å². The van der Waals surface area contributed by atoms with Gasteiger partial charge in [0.05, 0.1) is 19.3 Å². The molecule has 0 fully saturated rings. The van der Waals surface area contributed by atoms with Crippen LogP contribution in [0.5, 0.6) is 5.75 Å². The molecule has 2 aromatic rings. The number of hydrogen-bond donors (Lipinski definition) is 4. The Balaban J connectivity index is 0.000000479. The quantitative estimate of drug-likeness (QED) is 0.308. The van der Waals surface area contributed by atoms with Gasteiger partial charge in [-0.15, -0.1) is 11.3 Å². The van der Waals surface area contributed by atoms with E-state index in [-0.39, 0.29) is 5.41 Å². The summed E-state index contributed by atoms with van der Waals surface area (Å²) in [6, 6.07) is 7.76. The monoisotopic (exact) mass is 434 g/mol. The number of thiazole rings is 1. The first kappa shape index (κ1) is 24.6. The molecular weight excluding hydrogens is 408 g/mol. The van der Waals surface area contributed by atoms with Gasteiger partial charge in [-0.1, -0.05) is 39.0 Å². The van der Waals surface area contributed by atoms with Gasteiger partial charge in [-0.05, 0) is 6.07 Å². The molecule has 0 saturated carbocycles. The van der Waals surface area contributed by atoms with Crippen LogP contribution in [0.3, 0.4) is 0 Å². The van der Waals surface area contributed by atoms with Gasteiger partial charge in [-0.25, -0.2) is 19.6 Å². The van der Waals surface area contributed by atoms with Crippen molar-refractivity contribution in [1.82, 2.24) is 4.98 Å². The van der Waals surface area contributed by atoms with E-state index in [1.165, 1.54) is 11.3 Å². The minimum Gasteiger partial charge on any atom is -0.496 e. The third kappa shape index (κ3) is 9.20. The van der Waals surface area contributed by atoms with Gasteiger partial charge in [0.15, 0.2) is 11.1 Å². The summed E-state index contributed by atoms with van der Waals surface area (Å²) >= 11 is 1.53. The molecule has 0 amide bonds. The van der Waals surface area contributed by atoms with E-state index in [2.05, 4.69) is 36.1 Å². The van der Waals surface area contributed by atoms with Gasteiger partial charge in [0.1, 0.15) is 5.75 Å². The zero-order valence-electron chi connectivity index (χ0n) is 17.2. The highest BCUT2D eigenvalue weighted by molar-refractivity contribution is 7.13. The number of nitrogens with two attached hydrogens (primary N) is 1. The van der Waals surface area contributed by atoms with Crippen molar-refractivity contribution in [2.45, 2.75) is 32.7 Å². The predicted molar refractivity (Wildman–Crippen MR) is 117 cm³/mol. The minimum atomic E-state index is -1.26. The maximum atomic E-state index is 9.55. The second kappa shape index (κ2) is 11.6. The highest BCUT2D eigenvalue weighted by Gasteiger charge is 2.17. The number of carbonyl (C=O) groups is 2. The molecule has 30 heavy (non-hydrogen) atoms. The topological polar surface area (TPSA) is 147 Å². The summed E-state index contributed by atoms with van der Waals surface area (Å²) in [5.74, 6) is -1.36. The van der Waals surface area contributed by atoms with E-state index >= 15 is 0 Å². The van der Waals surface area contributed by atoms with Crippen LogP contribution in [0.1, 0.15) is 32.0 Å². The Hall–Kier alpha value is -3.40. The molecule has 0 aliphatic rings. The smallest absolute Gasteiger partial charge is 0.328 e. The highest BCUT2D eigenvalue weighted by Crippen LogP contribution is 2.26. The normalized spacial score (nSPS) is 11.5. The van der Waals surface area contributed by atoms with Crippen molar-refractivity contribution in [3.8, 4) is 5.75 Å². The molecule has 0 aliphatic heterocycles. The van der Waals surface area contributed by atoms with Crippen LogP contribution in [0.2, 0.25) is 0 Å². The van der Waals surface area contributed by atoms with E-state index in [0.29, 0.717) is 24.7 Å². The third-order valence-electron chi connectivity index (χ3n) is 3.49. The lowest BCUT2D eigenvalue weighted by molar-refractivity contribution is -0.134. The van der Waals surface area contributed by atoms with E-state index in [1.54, 1.807) is 7.11 Å². The maximum absolute atomic E-state index is 9.55. The summed E-state index contributed by atoms with van der Waals surface area (Å²) in [5.41, 5.74) is 7.99. The molecular formula is C20H26N4O5S. The Kier molecular flexibility index (Phi) is 9.50. The van der Waals surface area contributed by atoms with Crippen LogP contribution < -0.4 is 15.8 Å². The highest BCUT2D eigenvalue weighted by atomic mass is 32.1. The zero-order chi connectivity index (χ0) is 22.7. The van der Waals surface area contributed by atoms with Crippen LogP contribution in [0.25, 0.3) is 0 Å². The van der Waals surface area contributed by atoms with E-state index in [9.17, 15) is 9.59 Å². The number of aliphatic imine (C=N–C) groups is 1. The SMILES string of the molecule is COc1ccccc1CN=C(N)Nc1nc(C(C)(C)C)cs1.O=C(O)C=CC(=O)O. The summed E-state index contributed by atoms with van der Waals surface area (Å²) in [6.07, 6.45) is 1.12. The standard InChI is InChI=1S/C16H22N4OS.C4H4O4/c1-16(2,3)13-10-22-15(19-13)20-14(17)18-9-11-7-5-6-8-12(11)21-4;5-3(6)1-2-4(7)8/h5-8,10H,9H2,1-4H3,(H3,17,18,19,20);1-2H,(H,5,6)(H,7,8). The molecule has 1 aromatic heterocycles. The molecule has 2 rings (SSSR count). The number of ether oxygens (including phenoxy) is 1. The van der Waals surface area contributed by atoms with Crippen LogP contribution in [-0.4, -0.2) is 40.2 Å². The second-order valence-corrected chi connectivity index (χ2v) is 7.79. The molecule has 0 aliphatic carbocycles. The number of carboxylic acids is 2. The van der Waals surface area contributed by atoms with Crippen molar-refractivity contribution < 1.29 is 24.5 Å². The largest absolute Gasteiger partial charge is 0.496 e. The van der Waals surface area contributed by atoms with Gasteiger partial charge in [-0.3, -0.25) is 0 Å². The average molecular weight is 435 g/mol.